The van der Waals surface area contributed by atoms with Gasteiger partial charge in [0.1, 0.15) is 5.82 Å². The lowest BCUT2D eigenvalue weighted by molar-refractivity contribution is 0.725. The maximum Gasteiger partial charge on any atom is 0.261 e. The van der Waals surface area contributed by atoms with Crippen LogP contribution in [0.1, 0.15) is 17.8 Å². The molecule has 3 aromatic rings. The van der Waals surface area contributed by atoms with Crippen molar-refractivity contribution in [1.82, 2.24) is 9.55 Å². The molecule has 2 heterocycles. The van der Waals surface area contributed by atoms with Gasteiger partial charge in [0.15, 0.2) is 0 Å². The molecule has 1 aromatic heterocycles. The average molecular weight is 378 g/mol. The highest BCUT2D eigenvalue weighted by Gasteiger charge is 2.21. The topological polar surface area (TPSA) is 34.9 Å². The van der Waals surface area contributed by atoms with Crippen molar-refractivity contribution in [2.75, 3.05) is 0 Å². The van der Waals surface area contributed by atoms with Gasteiger partial charge in [-0.15, -0.1) is 0 Å². The van der Waals surface area contributed by atoms with Gasteiger partial charge in [-0.05, 0) is 47.9 Å². The second kappa shape index (κ2) is 5.92. The molecule has 0 saturated heterocycles. The molecule has 1 aliphatic heterocycles. The van der Waals surface area contributed by atoms with Gasteiger partial charge in [-0.1, -0.05) is 46.9 Å². The molecule has 24 heavy (non-hydrogen) atoms. The monoisotopic (exact) mass is 376 g/mol. The lowest BCUT2D eigenvalue weighted by Gasteiger charge is -2.06. The molecule has 6 heteroatoms. The van der Waals surface area contributed by atoms with Crippen molar-refractivity contribution in [2.45, 2.75) is 13.0 Å². The van der Waals surface area contributed by atoms with Crippen molar-refractivity contribution in [2.24, 2.45) is 0 Å². The Labute approximate surface area is 153 Å². The number of fused-ring (bicyclic) bond motifs is 2. The molecule has 0 atom stereocenters. The Kier molecular flexibility index (Phi) is 3.87. The summed E-state index contributed by atoms with van der Waals surface area (Å²) >= 11 is 18.4. The standard InChI is InChI=1S/C18H11Cl3N2O/c19-12-4-5-13-15(9-12)22-17-11(6-7-23(17)18(13)24)8-10-2-1-3-14(20)16(10)21/h1-5,8-9H,6-7H2/b11-8+. The van der Waals surface area contributed by atoms with Crippen LogP contribution in [0.3, 0.4) is 0 Å². The van der Waals surface area contributed by atoms with Crippen LogP contribution in [0.15, 0.2) is 41.2 Å². The molecular weight excluding hydrogens is 367 g/mol. The van der Waals surface area contributed by atoms with Gasteiger partial charge in [-0.3, -0.25) is 9.36 Å². The minimum atomic E-state index is -0.0488. The smallest absolute Gasteiger partial charge is 0.261 e. The van der Waals surface area contributed by atoms with Crippen molar-refractivity contribution < 1.29 is 0 Å². The van der Waals surface area contributed by atoms with E-state index in [1.807, 2.05) is 18.2 Å². The molecule has 0 unspecified atom stereocenters. The van der Waals surface area contributed by atoms with Crippen LogP contribution in [0.25, 0.3) is 22.6 Å². The molecule has 0 radical (unpaired) electrons. The summed E-state index contributed by atoms with van der Waals surface area (Å²) in [5, 5.41) is 2.13. The predicted octanol–water partition coefficient (Wildman–Crippen LogP) is 5.30. The van der Waals surface area contributed by atoms with Crippen molar-refractivity contribution in [3.05, 3.63) is 73.2 Å². The molecule has 0 spiro atoms. The van der Waals surface area contributed by atoms with Crippen LogP contribution in [0.2, 0.25) is 15.1 Å². The fraction of sp³-hybridized carbons (Fsp3) is 0.111. The summed E-state index contributed by atoms with van der Waals surface area (Å²) in [6.07, 6.45) is 2.66. The van der Waals surface area contributed by atoms with E-state index in [4.69, 9.17) is 34.8 Å². The number of rotatable bonds is 1. The van der Waals surface area contributed by atoms with E-state index in [2.05, 4.69) is 4.98 Å². The Hall–Kier alpha value is -1.81. The molecule has 120 valence electrons. The van der Waals surface area contributed by atoms with E-state index in [9.17, 15) is 4.79 Å². The number of aromatic nitrogens is 2. The van der Waals surface area contributed by atoms with Crippen LogP contribution in [0.5, 0.6) is 0 Å². The van der Waals surface area contributed by atoms with Crippen molar-refractivity contribution in [1.29, 1.82) is 0 Å². The van der Waals surface area contributed by atoms with E-state index in [0.717, 1.165) is 17.6 Å². The summed E-state index contributed by atoms with van der Waals surface area (Å²) < 4.78 is 1.69. The first-order chi connectivity index (χ1) is 11.5. The second-order valence-corrected chi connectivity index (χ2v) is 6.84. The Bertz CT molecular complexity index is 1070. The number of halogens is 3. The van der Waals surface area contributed by atoms with Crippen LogP contribution in [0, 0.1) is 0 Å². The molecular formula is C18H11Cl3N2O. The summed E-state index contributed by atoms with van der Waals surface area (Å²) in [5.74, 6) is 0.658. The summed E-state index contributed by atoms with van der Waals surface area (Å²) in [6.45, 7) is 0.601. The van der Waals surface area contributed by atoms with E-state index in [-0.39, 0.29) is 5.56 Å². The van der Waals surface area contributed by atoms with E-state index in [0.29, 0.717) is 38.3 Å². The Morgan fingerprint density at radius 1 is 1.12 bits per heavy atom. The molecule has 0 fully saturated rings. The van der Waals surface area contributed by atoms with Crippen LogP contribution in [0.4, 0.5) is 0 Å². The molecule has 0 saturated carbocycles. The number of benzene rings is 2. The fourth-order valence-electron chi connectivity index (χ4n) is 2.95. The third-order valence-corrected chi connectivity index (χ3v) is 5.19. The molecule has 3 nitrogen and oxygen atoms in total. The summed E-state index contributed by atoms with van der Waals surface area (Å²) in [4.78, 5) is 17.3. The number of hydrogen-bond donors (Lipinski definition) is 0. The number of allylic oxidation sites excluding steroid dienone is 1. The molecule has 0 N–H and O–H groups in total. The minimum Gasteiger partial charge on any atom is -0.292 e. The first kappa shape index (κ1) is 15.7. The zero-order valence-electron chi connectivity index (χ0n) is 12.4. The fourth-order valence-corrected chi connectivity index (χ4v) is 3.48. The predicted molar refractivity (Wildman–Crippen MR) is 100.0 cm³/mol. The van der Waals surface area contributed by atoms with Gasteiger partial charge in [0.2, 0.25) is 0 Å². The quantitative estimate of drug-likeness (QED) is 0.576. The minimum absolute atomic E-state index is 0.0488. The SMILES string of the molecule is O=c1c2ccc(Cl)cc2nc2n1CC/C2=C\c1cccc(Cl)c1Cl. The molecule has 1 aliphatic rings. The lowest BCUT2D eigenvalue weighted by atomic mass is 10.1. The lowest BCUT2D eigenvalue weighted by Crippen LogP contribution is -2.20. The second-order valence-electron chi connectivity index (χ2n) is 5.62. The summed E-state index contributed by atoms with van der Waals surface area (Å²) in [5.41, 5.74) is 2.32. The third kappa shape index (κ3) is 2.53. The third-order valence-electron chi connectivity index (χ3n) is 4.12. The number of hydrogen-bond acceptors (Lipinski definition) is 2. The van der Waals surface area contributed by atoms with Gasteiger partial charge < -0.3 is 0 Å². The maximum atomic E-state index is 12.7. The van der Waals surface area contributed by atoms with Crippen molar-refractivity contribution in [3.63, 3.8) is 0 Å². The van der Waals surface area contributed by atoms with Crippen LogP contribution < -0.4 is 5.56 Å². The highest BCUT2D eigenvalue weighted by Crippen LogP contribution is 2.32. The first-order valence-corrected chi connectivity index (χ1v) is 8.53. The van der Waals surface area contributed by atoms with Gasteiger partial charge in [0.05, 0.1) is 20.9 Å². The highest BCUT2D eigenvalue weighted by molar-refractivity contribution is 6.43. The van der Waals surface area contributed by atoms with Gasteiger partial charge >= 0.3 is 0 Å². The van der Waals surface area contributed by atoms with E-state index in [1.165, 1.54) is 0 Å². The Balaban J connectivity index is 1.93. The molecule has 0 amide bonds. The largest absolute Gasteiger partial charge is 0.292 e. The van der Waals surface area contributed by atoms with Crippen LogP contribution >= 0.6 is 34.8 Å². The summed E-state index contributed by atoms with van der Waals surface area (Å²) in [6, 6.07) is 10.6. The Morgan fingerprint density at radius 3 is 2.79 bits per heavy atom. The van der Waals surface area contributed by atoms with Gasteiger partial charge in [-0.25, -0.2) is 4.98 Å². The van der Waals surface area contributed by atoms with E-state index < -0.39 is 0 Å². The van der Waals surface area contributed by atoms with Gasteiger partial charge in [0, 0.05) is 11.6 Å². The van der Waals surface area contributed by atoms with Gasteiger partial charge in [0.25, 0.3) is 5.56 Å². The first-order valence-electron chi connectivity index (χ1n) is 7.39. The number of nitrogens with zero attached hydrogens (tertiary/aromatic N) is 2. The van der Waals surface area contributed by atoms with E-state index >= 15 is 0 Å². The Morgan fingerprint density at radius 2 is 1.96 bits per heavy atom. The summed E-state index contributed by atoms with van der Waals surface area (Å²) in [7, 11) is 0. The maximum absolute atomic E-state index is 12.7. The normalized spacial score (nSPS) is 15.2. The zero-order valence-corrected chi connectivity index (χ0v) is 14.7. The molecule has 0 aliphatic carbocycles. The zero-order chi connectivity index (χ0) is 16.8. The van der Waals surface area contributed by atoms with Gasteiger partial charge in [-0.2, -0.15) is 0 Å². The average Bonchev–Trinajstić information content (AvgIpc) is 2.95. The molecule has 0 bridgehead atoms. The molecule has 2 aromatic carbocycles. The van der Waals surface area contributed by atoms with E-state index in [1.54, 1.807) is 28.8 Å². The molecule has 4 rings (SSSR count). The van der Waals surface area contributed by atoms with Crippen LogP contribution in [-0.4, -0.2) is 9.55 Å². The van der Waals surface area contributed by atoms with Crippen molar-refractivity contribution in [3.8, 4) is 0 Å². The van der Waals surface area contributed by atoms with Crippen LogP contribution in [-0.2, 0) is 6.54 Å². The highest BCUT2D eigenvalue weighted by atomic mass is 35.5. The van der Waals surface area contributed by atoms with Crippen molar-refractivity contribution >= 4 is 57.4 Å².